The molecule has 0 spiro atoms. The van der Waals surface area contributed by atoms with Crippen molar-refractivity contribution in [3.05, 3.63) is 71.9 Å². The van der Waals surface area contributed by atoms with Crippen molar-refractivity contribution in [3.63, 3.8) is 0 Å². The minimum absolute atomic E-state index is 0.0413. The average Bonchev–Trinajstić information content (AvgIpc) is 3.40. The summed E-state index contributed by atoms with van der Waals surface area (Å²) in [6.45, 7) is 5.22. The Labute approximate surface area is 255 Å². The fourth-order valence-corrected chi connectivity index (χ4v) is 5.51. The van der Waals surface area contributed by atoms with Gasteiger partial charge in [0.05, 0.1) is 47.5 Å². The Morgan fingerprint density at radius 3 is 2.81 bits per heavy atom. The van der Waals surface area contributed by atoms with Crippen LogP contribution in [0.3, 0.4) is 0 Å². The maximum Gasteiger partial charge on any atom is 0.412 e. The van der Waals surface area contributed by atoms with Crippen molar-refractivity contribution < 1.29 is 33.2 Å². The van der Waals surface area contributed by atoms with Crippen LogP contribution in [-0.2, 0) is 9.47 Å². The number of pyridine rings is 1. The lowest BCUT2D eigenvalue weighted by atomic mass is 9.92. The van der Waals surface area contributed by atoms with Crippen LogP contribution in [0.4, 0.5) is 9.18 Å². The zero-order valence-electron chi connectivity index (χ0n) is 23.3. The number of aliphatic hydroxyl groups is 1. The Balaban J connectivity index is 1.28. The summed E-state index contributed by atoms with van der Waals surface area (Å²) in [5, 5.41) is 13.3. The lowest BCUT2D eigenvalue weighted by Crippen LogP contribution is -2.46. The highest BCUT2D eigenvalue weighted by atomic mass is 35.5. The van der Waals surface area contributed by atoms with Crippen LogP contribution >= 0.6 is 22.9 Å². The van der Waals surface area contributed by atoms with Gasteiger partial charge in [0.2, 0.25) is 0 Å². The molecule has 0 bridgehead atoms. The predicted octanol–water partition coefficient (Wildman–Crippen LogP) is 6.40. The number of ether oxygens (including phenoxy) is 4. The molecule has 2 atom stereocenters. The molecule has 4 aromatic rings. The lowest BCUT2D eigenvalue weighted by Gasteiger charge is -2.35. The molecule has 1 fully saturated rings. The van der Waals surface area contributed by atoms with E-state index in [1.165, 1.54) is 29.7 Å². The van der Waals surface area contributed by atoms with E-state index in [2.05, 4.69) is 26.9 Å². The number of alkyl carbamates (subject to hydrolysis) is 1. The third kappa shape index (κ3) is 7.04. The van der Waals surface area contributed by atoms with E-state index in [9.17, 15) is 4.79 Å². The second-order valence-electron chi connectivity index (χ2n) is 9.48. The van der Waals surface area contributed by atoms with Crippen molar-refractivity contribution in [2.75, 3.05) is 20.3 Å². The number of methoxy groups -OCH3 is 1. The Bertz CT molecular complexity index is 1740. The number of halogens is 2. The summed E-state index contributed by atoms with van der Waals surface area (Å²) in [7, 11) is 1.57. The number of hydrogen-bond acceptors (Lipinski definition) is 10. The second-order valence-corrected chi connectivity index (χ2v) is 10.9. The molecule has 0 saturated heterocycles. The molecule has 2 aromatic heterocycles. The molecule has 1 saturated carbocycles. The quantitative estimate of drug-likeness (QED) is 0.118. The van der Waals surface area contributed by atoms with Gasteiger partial charge in [-0.05, 0) is 37.1 Å². The largest absolute Gasteiger partial charge is 0.495 e. The van der Waals surface area contributed by atoms with Gasteiger partial charge < -0.3 is 24.1 Å². The van der Waals surface area contributed by atoms with Gasteiger partial charge >= 0.3 is 6.09 Å². The minimum atomic E-state index is -0.725. The predicted molar refractivity (Wildman–Crippen MR) is 163 cm³/mol. The Morgan fingerprint density at radius 1 is 1.28 bits per heavy atom. The Morgan fingerprint density at radius 2 is 2.09 bits per heavy atom. The molecular weight excluding hydrogens is 599 g/mol. The van der Waals surface area contributed by atoms with Crippen LogP contribution in [0, 0.1) is 5.82 Å². The van der Waals surface area contributed by atoms with Crippen LogP contribution in [0.2, 0.25) is 5.02 Å². The molecule has 2 N–H and O–H groups in total. The number of amides is 1. The van der Waals surface area contributed by atoms with E-state index in [1.54, 1.807) is 38.4 Å². The van der Waals surface area contributed by atoms with Crippen LogP contribution in [0.25, 0.3) is 31.7 Å². The fourth-order valence-electron chi connectivity index (χ4n) is 4.29. The van der Waals surface area contributed by atoms with Crippen molar-refractivity contribution in [3.8, 4) is 22.1 Å². The van der Waals surface area contributed by atoms with E-state index in [1.807, 2.05) is 6.07 Å². The molecule has 1 aliphatic carbocycles. The summed E-state index contributed by atoms with van der Waals surface area (Å²) in [6.07, 6.45) is 3.69. The number of fused-ring (bicyclic) bond motifs is 2. The first-order valence-electron chi connectivity index (χ1n) is 13.3. The zero-order chi connectivity index (χ0) is 30.5. The highest BCUT2D eigenvalue weighted by molar-refractivity contribution is 7.21. The third-order valence-corrected chi connectivity index (χ3v) is 7.84. The average molecular weight is 627 g/mol. The summed E-state index contributed by atoms with van der Waals surface area (Å²) >= 11 is 7.75. The van der Waals surface area contributed by atoms with E-state index in [4.69, 9.17) is 35.7 Å². The number of carbonyl (C=O) groups excluding carboxylic acids is 1. The van der Waals surface area contributed by atoms with Crippen molar-refractivity contribution in [2.45, 2.75) is 32.0 Å². The first-order valence-corrected chi connectivity index (χ1v) is 14.5. The normalized spacial score (nSPS) is 17.0. The maximum absolute atomic E-state index is 15.1. The van der Waals surface area contributed by atoms with E-state index < -0.39 is 24.1 Å². The van der Waals surface area contributed by atoms with Gasteiger partial charge in [-0.15, -0.1) is 11.3 Å². The molecular formula is C30H28ClFN4O6S. The highest BCUT2D eigenvalue weighted by Crippen LogP contribution is 2.39. The van der Waals surface area contributed by atoms with Crippen LogP contribution in [-0.4, -0.2) is 59.6 Å². The van der Waals surface area contributed by atoms with Crippen molar-refractivity contribution >= 4 is 56.0 Å². The number of aliphatic imine (C=N–C) groups is 1. The molecule has 1 aliphatic rings. The third-order valence-electron chi connectivity index (χ3n) is 6.57. The van der Waals surface area contributed by atoms with E-state index >= 15 is 4.39 Å². The van der Waals surface area contributed by atoms with Crippen LogP contribution in [0.15, 0.2) is 66.1 Å². The molecule has 13 heteroatoms. The molecule has 10 nitrogen and oxygen atoms in total. The van der Waals surface area contributed by atoms with Crippen molar-refractivity contribution in [2.24, 2.45) is 4.99 Å². The summed E-state index contributed by atoms with van der Waals surface area (Å²) < 4.78 is 37.7. The maximum atomic E-state index is 15.1. The number of allylic oxidation sites excluding steroid dienone is 1. The van der Waals surface area contributed by atoms with Gasteiger partial charge in [-0.2, -0.15) is 0 Å². The number of nitrogens with zero attached hydrogens (tertiary/aromatic N) is 3. The lowest BCUT2D eigenvalue weighted by molar-refractivity contribution is -0.0465. The number of hydrogen-bond donors (Lipinski definition) is 2. The fraction of sp³-hybridized carbons (Fsp3) is 0.267. The van der Waals surface area contributed by atoms with Gasteiger partial charge in [-0.1, -0.05) is 18.2 Å². The first-order chi connectivity index (χ1) is 20.8. The zero-order valence-corrected chi connectivity index (χ0v) is 24.9. The van der Waals surface area contributed by atoms with Crippen LogP contribution in [0.5, 0.6) is 11.5 Å². The topological polar surface area (TPSA) is 124 Å². The number of benzene rings is 2. The second kappa shape index (κ2) is 13.4. The number of thiazole rings is 1. The van der Waals surface area contributed by atoms with Crippen LogP contribution in [0.1, 0.15) is 19.8 Å². The molecule has 43 heavy (non-hydrogen) atoms. The van der Waals surface area contributed by atoms with E-state index in [0.717, 1.165) is 10.9 Å². The molecule has 5 rings (SSSR count). The van der Waals surface area contributed by atoms with E-state index in [-0.39, 0.29) is 24.7 Å². The molecule has 2 aromatic carbocycles. The number of nitrogens with one attached hydrogen (secondary N) is 1. The van der Waals surface area contributed by atoms with Gasteiger partial charge in [-0.3, -0.25) is 10.3 Å². The number of aromatic nitrogens is 2. The molecule has 0 radical (unpaired) electrons. The van der Waals surface area contributed by atoms with E-state index in [0.29, 0.717) is 50.3 Å². The van der Waals surface area contributed by atoms with Gasteiger partial charge in [0.25, 0.3) is 0 Å². The minimum Gasteiger partial charge on any atom is -0.495 e. The molecule has 2 heterocycles. The number of aliphatic hydroxyl groups excluding tert-OH is 1. The van der Waals surface area contributed by atoms with Crippen molar-refractivity contribution in [1.29, 1.82) is 0 Å². The monoisotopic (exact) mass is 626 g/mol. The van der Waals surface area contributed by atoms with Gasteiger partial charge in [0.1, 0.15) is 29.6 Å². The molecule has 2 unspecified atom stereocenters. The summed E-state index contributed by atoms with van der Waals surface area (Å²) in [4.78, 5) is 25.7. The molecule has 0 aliphatic heterocycles. The SMILES string of the molecule is C=C/C(=C\N=C(/C)OCCO)NC(=O)OC1CCC1Oc1cc2sc(-c3cc(Cl)cc4cc(OC)cnc34)nc2cc1F. The summed E-state index contributed by atoms with van der Waals surface area (Å²) in [6, 6.07) is 8.34. The standard InChI is InChI=1S/C30H28ClFN4O6S/c1-4-19(14-33-16(2)40-8-7-37)35-30(38)42-25-6-5-24(25)41-26-13-27-23(12-22(26)32)36-29(43-27)21-11-18(31)9-17-10-20(39-3)15-34-28(17)21/h4,9-15,24-25,37H,1,5-8H2,2-3H3,(H,35,38)/b19-14+,33-16+. The summed E-state index contributed by atoms with van der Waals surface area (Å²) in [5.41, 5.74) is 2.17. The van der Waals surface area contributed by atoms with Crippen molar-refractivity contribution in [1.82, 2.24) is 15.3 Å². The van der Waals surface area contributed by atoms with Crippen LogP contribution < -0.4 is 14.8 Å². The molecule has 224 valence electrons. The van der Waals surface area contributed by atoms with Gasteiger partial charge in [-0.25, -0.2) is 19.2 Å². The van der Waals surface area contributed by atoms with Gasteiger partial charge in [0, 0.05) is 35.0 Å². The summed E-state index contributed by atoms with van der Waals surface area (Å²) in [5.74, 6) is 0.375. The molecule has 1 amide bonds. The highest BCUT2D eigenvalue weighted by Gasteiger charge is 2.37. The number of rotatable bonds is 10. The number of carbonyl (C=O) groups is 1. The van der Waals surface area contributed by atoms with Gasteiger partial charge in [0.15, 0.2) is 17.5 Å². The first kappa shape index (κ1) is 30.2. The smallest absolute Gasteiger partial charge is 0.412 e. The Kier molecular flexibility index (Phi) is 9.39. The Hall–Kier alpha value is -4.26.